The van der Waals surface area contributed by atoms with Crippen LogP contribution in [0, 0.1) is 0 Å². The predicted molar refractivity (Wildman–Crippen MR) is 79.1 cm³/mol. The molecule has 0 radical (unpaired) electrons. The van der Waals surface area contributed by atoms with E-state index in [1.165, 1.54) is 12.8 Å². The van der Waals surface area contributed by atoms with Crippen molar-refractivity contribution in [1.29, 1.82) is 0 Å². The molecule has 0 spiro atoms. The van der Waals surface area contributed by atoms with Crippen molar-refractivity contribution in [2.75, 3.05) is 18.4 Å². The highest BCUT2D eigenvalue weighted by Gasteiger charge is 2.14. The minimum absolute atomic E-state index is 0.599. The van der Waals surface area contributed by atoms with E-state index in [2.05, 4.69) is 70.6 Å². The van der Waals surface area contributed by atoms with Crippen molar-refractivity contribution in [2.45, 2.75) is 18.9 Å². The van der Waals surface area contributed by atoms with Gasteiger partial charge < -0.3 is 10.6 Å². The standard InChI is InChI=1S/C11H13Br3N2/c12-7-4-9(13)11(10(14)5-7)16-6-8-2-1-3-15-8/h4-5,8,15-16H,1-3,6H2. The zero-order chi connectivity index (χ0) is 11.5. The number of hydrogen-bond donors (Lipinski definition) is 2. The van der Waals surface area contributed by atoms with Gasteiger partial charge in [0.25, 0.3) is 0 Å². The second kappa shape index (κ2) is 5.85. The lowest BCUT2D eigenvalue weighted by atomic mass is 10.2. The van der Waals surface area contributed by atoms with Crippen LogP contribution in [0.1, 0.15) is 12.8 Å². The maximum atomic E-state index is 3.56. The minimum atomic E-state index is 0.599. The molecule has 88 valence electrons. The van der Waals surface area contributed by atoms with E-state index in [4.69, 9.17) is 0 Å². The molecule has 1 aliphatic rings. The number of nitrogens with one attached hydrogen (secondary N) is 2. The SMILES string of the molecule is Brc1cc(Br)c(NCC2CCCN2)c(Br)c1. The Labute approximate surface area is 121 Å². The normalized spacial score (nSPS) is 20.1. The van der Waals surface area contributed by atoms with Gasteiger partial charge in [0.15, 0.2) is 0 Å². The van der Waals surface area contributed by atoms with E-state index in [0.717, 1.165) is 32.2 Å². The highest BCUT2D eigenvalue weighted by molar-refractivity contribution is 9.11. The number of halogens is 3. The molecule has 1 unspecified atom stereocenters. The maximum absolute atomic E-state index is 3.56. The van der Waals surface area contributed by atoms with Crippen molar-refractivity contribution in [1.82, 2.24) is 5.32 Å². The maximum Gasteiger partial charge on any atom is 0.0630 e. The van der Waals surface area contributed by atoms with Gasteiger partial charge in [-0.15, -0.1) is 0 Å². The van der Waals surface area contributed by atoms with Crippen LogP contribution < -0.4 is 10.6 Å². The molecule has 1 aromatic carbocycles. The third-order valence-electron chi connectivity index (χ3n) is 2.69. The quantitative estimate of drug-likeness (QED) is 0.779. The monoisotopic (exact) mass is 410 g/mol. The largest absolute Gasteiger partial charge is 0.382 e. The fourth-order valence-corrected chi connectivity index (χ4v) is 4.41. The Morgan fingerprint density at radius 2 is 1.94 bits per heavy atom. The van der Waals surface area contributed by atoms with E-state index in [9.17, 15) is 0 Å². The molecule has 0 aromatic heterocycles. The van der Waals surface area contributed by atoms with E-state index in [-0.39, 0.29) is 0 Å². The van der Waals surface area contributed by atoms with Gasteiger partial charge in [0, 0.05) is 26.0 Å². The highest BCUT2D eigenvalue weighted by atomic mass is 79.9. The van der Waals surface area contributed by atoms with E-state index >= 15 is 0 Å². The molecule has 1 saturated heterocycles. The summed E-state index contributed by atoms with van der Waals surface area (Å²) in [6.07, 6.45) is 2.55. The van der Waals surface area contributed by atoms with Crippen molar-refractivity contribution >= 4 is 53.5 Å². The van der Waals surface area contributed by atoms with Crippen LogP contribution in [0.25, 0.3) is 0 Å². The molecule has 0 bridgehead atoms. The molecular weight excluding hydrogens is 400 g/mol. The van der Waals surface area contributed by atoms with Gasteiger partial charge in [-0.2, -0.15) is 0 Å². The van der Waals surface area contributed by atoms with Gasteiger partial charge in [-0.25, -0.2) is 0 Å². The molecule has 1 aromatic rings. The molecule has 2 N–H and O–H groups in total. The van der Waals surface area contributed by atoms with Gasteiger partial charge >= 0.3 is 0 Å². The Morgan fingerprint density at radius 3 is 2.50 bits per heavy atom. The lowest BCUT2D eigenvalue weighted by Gasteiger charge is -2.15. The number of rotatable bonds is 3. The first-order valence-electron chi connectivity index (χ1n) is 5.28. The summed E-state index contributed by atoms with van der Waals surface area (Å²) in [6.45, 7) is 2.12. The average molecular weight is 413 g/mol. The van der Waals surface area contributed by atoms with Crippen molar-refractivity contribution < 1.29 is 0 Å². The molecule has 1 aliphatic heterocycles. The fourth-order valence-electron chi connectivity index (χ4n) is 1.87. The minimum Gasteiger partial charge on any atom is -0.382 e. The summed E-state index contributed by atoms with van der Waals surface area (Å²) >= 11 is 10.6. The Hall–Kier alpha value is 0.420. The smallest absolute Gasteiger partial charge is 0.0630 e. The van der Waals surface area contributed by atoms with Crippen LogP contribution in [0.2, 0.25) is 0 Å². The van der Waals surface area contributed by atoms with E-state index in [0.29, 0.717) is 6.04 Å². The molecule has 1 heterocycles. The van der Waals surface area contributed by atoms with Crippen LogP contribution in [0.4, 0.5) is 5.69 Å². The van der Waals surface area contributed by atoms with Gasteiger partial charge in [0.2, 0.25) is 0 Å². The summed E-state index contributed by atoms with van der Waals surface area (Å²) in [6, 6.07) is 4.70. The van der Waals surface area contributed by atoms with Crippen molar-refractivity contribution in [2.24, 2.45) is 0 Å². The summed E-state index contributed by atoms with van der Waals surface area (Å²) < 4.78 is 3.22. The molecule has 5 heteroatoms. The first-order chi connectivity index (χ1) is 7.66. The summed E-state index contributed by atoms with van der Waals surface area (Å²) in [5, 5.41) is 6.95. The summed E-state index contributed by atoms with van der Waals surface area (Å²) in [4.78, 5) is 0. The van der Waals surface area contributed by atoms with Crippen LogP contribution in [-0.4, -0.2) is 19.1 Å². The van der Waals surface area contributed by atoms with E-state index in [1.807, 2.05) is 0 Å². The van der Waals surface area contributed by atoms with Crippen LogP contribution in [-0.2, 0) is 0 Å². The van der Waals surface area contributed by atoms with Crippen molar-refractivity contribution in [3.63, 3.8) is 0 Å². The molecule has 0 saturated carbocycles. The average Bonchev–Trinajstić information content (AvgIpc) is 2.68. The van der Waals surface area contributed by atoms with Gasteiger partial charge in [0.05, 0.1) is 5.69 Å². The number of benzene rings is 1. The molecule has 0 aliphatic carbocycles. The Bertz CT molecular complexity index is 352. The van der Waals surface area contributed by atoms with E-state index < -0.39 is 0 Å². The number of hydrogen-bond acceptors (Lipinski definition) is 2. The molecule has 16 heavy (non-hydrogen) atoms. The zero-order valence-corrected chi connectivity index (χ0v) is 13.5. The van der Waals surface area contributed by atoms with Crippen LogP contribution in [0.3, 0.4) is 0 Å². The second-order valence-corrected chi connectivity index (χ2v) is 6.54. The van der Waals surface area contributed by atoms with Crippen LogP contribution >= 0.6 is 47.8 Å². The molecule has 2 nitrogen and oxygen atoms in total. The molecule has 2 rings (SSSR count). The van der Waals surface area contributed by atoms with Crippen molar-refractivity contribution in [3.8, 4) is 0 Å². The molecule has 1 fully saturated rings. The topological polar surface area (TPSA) is 24.1 Å². The first kappa shape index (κ1) is 12.9. The highest BCUT2D eigenvalue weighted by Crippen LogP contribution is 2.34. The van der Waals surface area contributed by atoms with E-state index in [1.54, 1.807) is 0 Å². The number of anilines is 1. The third kappa shape index (κ3) is 3.22. The van der Waals surface area contributed by atoms with Crippen LogP contribution in [0.5, 0.6) is 0 Å². The Balaban J connectivity index is 2.03. The fraction of sp³-hybridized carbons (Fsp3) is 0.455. The van der Waals surface area contributed by atoms with Crippen LogP contribution in [0.15, 0.2) is 25.6 Å². The summed E-state index contributed by atoms with van der Waals surface area (Å²) in [5.41, 5.74) is 1.12. The molecule has 0 amide bonds. The summed E-state index contributed by atoms with van der Waals surface area (Å²) in [7, 11) is 0. The first-order valence-corrected chi connectivity index (χ1v) is 7.66. The zero-order valence-electron chi connectivity index (χ0n) is 8.69. The lowest BCUT2D eigenvalue weighted by Crippen LogP contribution is -2.29. The molecule has 1 atom stereocenters. The lowest BCUT2D eigenvalue weighted by molar-refractivity contribution is 0.633. The van der Waals surface area contributed by atoms with Gasteiger partial charge in [-0.1, -0.05) is 15.9 Å². The summed E-state index contributed by atoms with van der Waals surface area (Å²) in [5.74, 6) is 0. The third-order valence-corrected chi connectivity index (χ3v) is 4.40. The molecular formula is C11H13Br3N2. The Morgan fingerprint density at radius 1 is 1.25 bits per heavy atom. The second-order valence-electron chi connectivity index (χ2n) is 3.92. The predicted octanol–water partition coefficient (Wildman–Crippen LogP) is 4.14. The Kier molecular flexibility index (Phi) is 4.70. The van der Waals surface area contributed by atoms with Crippen molar-refractivity contribution in [3.05, 3.63) is 25.6 Å². The van der Waals surface area contributed by atoms with Gasteiger partial charge in [-0.3, -0.25) is 0 Å². The van der Waals surface area contributed by atoms with Gasteiger partial charge in [0.1, 0.15) is 0 Å². The van der Waals surface area contributed by atoms with Gasteiger partial charge in [-0.05, 0) is 63.4 Å².